The van der Waals surface area contributed by atoms with E-state index in [1.165, 1.54) is 16.9 Å². The van der Waals surface area contributed by atoms with E-state index in [1.807, 2.05) is 18.2 Å². The van der Waals surface area contributed by atoms with Crippen LogP contribution in [-0.2, 0) is 12.8 Å². The average molecular weight is 323 g/mol. The van der Waals surface area contributed by atoms with Crippen molar-refractivity contribution in [1.82, 2.24) is 0 Å². The summed E-state index contributed by atoms with van der Waals surface area (Å²) in [5.74, 6) is 0.137. The molecule has 3 heteroatoms. The molecule has 2 aromatic rings. The first-order valence-electron chi connectivity index (χ1n) is 6.07. The first-order chi connectivity index (χ1) is 8.65. The lowest BCUT2D eigenvalue weighted by molar-refractivity contribution is 0.104. The number of benzene rings is 1. The number of thiophene rings is 1. The molecule has 0 spiro atoms. The topological polar surface area (TPSA) is 17.1 Å². The van der Waals surface area contributed by atoms with E-state index in [0.29, 0.717) is 0 Å². The SMILES string of the molecule is CCc1ccc(CC)c(C(=O)c2ccc(Br)s2)c1. The summed E-state index contributed by atoms with van der Waals surface area (Å²) < 4.78 is 0.996. The molecule has 0 saturated heterocycles. The highest BCUT2D eigenvalue weighted by Gasteiger charge is 2.15. The Morgan fingerprint density at radius 2 is 1.94 bits per heavy atom. The second-order valence-corrected chi connectivity index (χ2v) is 6.59. The molecule has 0 N–H and O–H groups in total. The maximum Gasteiger partial charge on any atom is 0.203 e. The van der Waals surface area contributed by atoms with Gasteiger partial charge < -0.3 is 0 Å². The Labute approximate surface area is 120 Å². The highest BCUT2D eigenvalue weighted by molar-refractivity contribution is 9.11. The highest BCUT2D eigenvalue weighted by atomic mass is 79.9. The van der Waals surface area contributed by atoms with Crippen molar-refractivity contribution in [1.29, 1.82) is 0 Å². The van der Waals surface area contributed by atoms with Gasteiger partial charge in [0.15, 0.2) is 0 Å². The fourth-order valence-corrected chi connectivity index (χ4v) is 3.27. The van der Waals surface area contributed by atoms with Gasteiger partial charge in [-0.15, -0.1) is 11.3 Å². The third-order valence-corrected chi connectivity index (χ3v) is 4.63. The normalized spacial score (nSPS) is 10.6. The van der Waals surface area contributed by atoms with E-state index in [-0.39, 0.29) is 5.78 Å². The van der Waals surface area contributed by atoms with Gasteiger partial charge >= 0.3 is 0 Å². The monoisotopic (exact) mass is 322 g/mol. The Hall–Kier alpha value is -0.930. The van der Waals surface area contributed by atoms with Crippen LogP contribution >= 0.6 is 27.3 Å². The molecule has 2 rings (SSSR count). The van der Waals surface area contributed by atoms with Gasteiger partial charge in [-0.25, -0.2) is 0 Å². The molecule has 1 aromatic carbocycles. The minimum atomic E-state index is 0.137. The van der Waals surface area contributed by atoms with Crippen LogP contribution in [0.3, 0.4) is 0 Å². The Morgan fingerprint density at radius 3 is 2.50 bits per heavy atom. The van der Waals surface area contributed by atoms with E-state index in [0.717, 1.165) is 32.6 Å². The number of ketones is 1. The van der Waals surface area contributed by atoms with E-state index in [9.17, 15) is 4.79 Å². The van der Waals surface area contributed by atoms with Crippen molar-refractivity contribution in [3.05, 3.63) is 55.7 Å². The number of carbonyl (C=O) groups is 1. The maximum atomic E-state index is 12.5. The van der Waals surface area contributed by atoms with Crippen LogP contribution < -0.4 is 0 Å². The van der Waals surface area contributed by atoms with Gasteiger partial charge in [0.2, 0.25) is 5.78 Å². The highest BCUT2D eigenvalue weighted by Crippen LogP contribution is 2.26. The van der Waals surface area contributed by atoms with Crippen molar-refractivity contribution in [2.45, 2.75) is 26.7 Å². The molecule has 1 heterocycles. The zero-order chi connectivity index (χ0) is 13.1. The Bertz CT molecular complexity index is 572. The van der Waals surface area contributed by atoms with Crippen molar-refractivity contribution in [3.8, 4) is 0 Å². The Morgan fingerprint density at radius 1 is 1.17 bits per heavy atom. The van der Waals surface area contributed by atoms with Gasteiger partial charge in [0.25, 0.3) is 0 Å². The van der Waals surface area contributed by atoms with Crippen molar-refractivity contribution in [2.75, 3.05) is 0 Å². The molecule has 1 nitrogen and oxygen atoms in total. The third-order valence-electron chi connectivity index (χ3n) is 3.01. The summed E-state index contributed by atoms with van der Waals surface area (Å²) in [6.45, 7) is 4.19. The lowest BCUT2D eigenvalue weighted by atomic mass is 9.97. The minimum absolute atomic E-state index is 0.137. The van der Waals surface area contributed by atoms with E-state index >= 15 is 0 Å². The van der Waals surface area contributed by atoms with E-state index in [2.05, 4.69) is 41.9 Å². The van der Waals surface area contributed by atoms with Crippen molar-refractivity contribution in [3.63, 3.8) is 0 Å². The molecule has 0 atom stereocenters. The average Bonchev–Trinajstić information content (AvgIpc) is 2.83. The standard InChI is InChI=1S/C15H15BrOS/c1-3-10-5-6-11(4-2)12(9-10)15(17)13-7-8-14(16)18-13/h5-9H,3-4H2,1-2H3. The van der Waals surface area contributed by atoms with Crippen LogP contribution in [-0.4, -0.2) is 5.78 Å². The number of halogens is 1. The molecule has 94 valence electrons. The quantitative estimate of drug-likeness (QED) is 0.734. The largest absolute Gasteiger partial charge is 0.288 e. The molecule has 0 unspecified atom stereocenters. The summed E-state index contributed by atoms with van der Waals surface area (Å²) in [7, 11) is 0. The van der Waals surface area contributed by atoms with Crippen LogP contribution in [0.15, 0.2) is 34.1 Å². The lowest BCUT2D eigenvalue weighted by Crippen LogP contribution is -2.04. The zero-order valence-corrected chi connectivity index (χ0v) is 12.9. The van der Waals surface area contributed by atoms with E-state index < -0.39 is 0 Å². The van der Waals surface area contributed by atoms with Crippen LogP contribution in [0.4, 0.5) is 0 Å². The number of hydrogen-bond donors (Lipinski definition) is 0. The van der Waals surface area contributed by atoms with Crippen molar-refractivity contribution < 1.29 is 4.79 Å². The first kappa shape index (κ1) is 13.5. The lowest BCUT2D eigenvalue weighted by Gasteiger charge is -2.08. The molecule has 1 aromatic heterocycles. The summed E-state index contributed by atoms with van der Waals surface area (Å²) in [4.78, 5) is 13.3. The number of hydrogen-bond acceptors (Lipinski definition) is 2. The van der Waals surface area contributed by atoms with Crippen LogP contribution in [0.25, 0.3) is 0 Å². The van der Waals surface area contributed by atoms with Crippen LogP contribution in [0.2, 0.25) is 0 Å². The first-order valence-corrected chi connectivity index (χ1v) is 7.68. The fraction of sp³-hybridized carbons (Fsp3) is 0.267. The van der Waals surface area contributed by atoms with Crippen LogP contribution in [0.1, 0.15) is 40.2 Å². The van der Waals surface area contributed by atoms with Gasteiger partial charge in [-0.2, -0.15) is 0 Å². The summed E-state index contributed by atoms with van der Waals surface area (Å²) in [5.41, 5.74) is 3.19. The van der Waals surface area contributed by atoms with Gasteiger partial charge in [-0.05, 0) is 58.1 Å². The van der Waals surface area contributed by atoms with Crippen LogP contribution in [0.5, 0.6) is 0 Å². The Kier molecular flexibility index (Phi) is 4.36. The molecular formula is C15H15BrOS. The predicted octanol–water partition coefficient (Wildman–Crippen LogP) is 4.87. The molecule has 0 aliphatic rings. The summed E-state index contributed by atoms with van der Waals surface area (Å²) in [5, 5.41) is 0. The summed E-state index contributed by atoms with van der Waals surface area (Å²) in [6, 6.07) is 10.0. The number of rotatable bonds is 4. The van der Waals surface area contributed by atoms with Crippen molar-refractivity contribution >= 4 is 33.0 Å². The van der Waals surface area contributed by atoms with Gasteiger partial charge in [0, 0.05) is 5.56 Å². The second kappa shape index (κ2) is 5.81. The molecule has 0 radical (unpaired) electrons. The molecule has 18 heavy (non-hydrogen) atoms. The summed E-state index contributed by atoms with van der Waals surface area (Å²) in [6.07, 6.45) is 1.84. The molecule has 0 bridgehead atoms. The second-order valence-electron chi connectivity index (χ2n) is 4.13. The number of aryl methyl sites for hydroxylation is 2. The van der Waals surface area contributed by atoms with Gasteiger partial charge in [-0.3, -0.25) is 4.79 Å². The molecule has 0 fully saturated rings. The van der Waals surface area contributed by atoms with Crippen molar-refractivity contribution in [2.24, 2.45) is 0 Å². The van der Waals surface area contributed by atoms with Crippen LogP contribution in [0, 0.1) is 0 Å². The molecular weight excluding hydrogens is 308 g/mol. The fourth-order valence-electron chi connectivity index (χ4n) is 1.93. The van der Waals surface area contributed by atoms with Gasteiger partial charge in [0.1, 0.15) is 0 Å². The Balaban J connectivity index is 2.45. The zero-order valence-electron chi connectivity index (χ0n) is 10.5. The summed E-state index contributed by atoms with van der Waals surface area (Å²) >= 11 is 4.89. The maximum absolute atomic E-state index is 12.5. The van der Waals surface area contributed by atoms with E-state index in [4.69, 9.17) is 0 Å². The molecule has 0 amide bonds. The van der Waals surface area contributed by atoms with Gasteiger partial charge in [0.05, 0.1) is 8.66 Å². The third kappa shape index (κ3) is 2.73. The smallest absolute Gasteiger partial charge is 0.203 e. The number of carbonyl (C=O) groups excluding carboxylic acids is 1. The molecule has 0 aliphatic carbocycles. The minimum Gasteiger partial charge on any atom is -0.288 e. The van der Waals surface area contributed by atoms with Gasteiger partial charge in [-0.1, -0.05) is 26.0 Å². The molecule has 0 saturated carbocycles. The van der Waals surface area contributed by atoms with E-state index in [1.54, 1.807) is 0 Å². The molecule has 0 aliphatic heterocycles. The predicted molar refractivity (Wildman–Crippen MR) is 80.6 cm³/mol.